The molecule has 18 heavy (non-hydrogen) atoms. The van der Waals surface area contributed by atoms with E-state index in [4.69, 9.17) is 0 Å². The highest BCUT2D eigenvalue weighted by Crippen LogP contribution is 2.26. The lowest BCUT2D eigenvalue weighted by Gasteiger charge is -2.28. The lowest BCUT2D eigenvalue weighted by atomic mass is 9.85. The second-order valence-corrected chi connectivity index (χ2v) is 7.04. The van der Waals surface area contributed by atoms with Gasteiger partial charge in [0.25, 0.3) is 0 Å². The predicted octanol–water partition coefficient (Wildman–Crippen LogP) is 4.86. The van der Waals surface area contributed by atoms with Crippen LogP contribution in [0.25, 0.3) is 0 Å². The predicted molar refractivity (Wildman–Crippen MR) is 81.8 cm³/mol. The van der Waals surface area contributed by atoms with Gasteiger partial charge in [0.15, 0.2) is 0 Å². The van der Waals surface area contributed by atoms with Crippen LogP contribution in [0.2, 0.25) is 0 Å². The molecular weight excluding hydrogens is 218 g/mol. The zero-order chi connectivity index (χ0) is 13.5. The summed E-state index contributed by atoms with van der Waals surface area (Å²) in [6.07, 6.45) is 8.53. The van der Waals surface area contributed by atoms with Gasteiger partial charge in [0.2, 0.25) is 0 Å². The van der Waals surface area contributed by atoms with E-state index in [0.29, 0.717) is 0 Å². The zero-order valence-corrected chi connectivity index (χ0v) is 13.3. The van der Waals surface area contributed by atoms with Gasteiger partial charge in [0.05, 0.1) is 0 Å². The Morgan fingerprint density at radius 2 is 1.61 bits per heavy atom. The van der Waals surface area contributed by atoms with E-state index in [2.05, 4.69) is 39.9 Å². The van der Waals surface area contributed by atoms with Crippen LogP contribution >= 0.6 is 0 Å². The maximum Gasteiger partial charge on any atom is 0.00672 e. The van der Waals surface area contributed by atoms with Crippen molar-refractivity contribution in [3.05, 3.63) is 0 Å². The fraction of sp³-hybridized carbons (Fsp3) is 1.00. The third-order valence-corrected chi connectivity index (χ3v) is 5.02. The number of hydrogen-bond donors (Lipinski definition) is 1. The third kappa shape index (κ3) is 5.30. The Hall–Kier alpha value is -0.0400. The van der Waals surface area contributed by atoms with Crippen LogP contribution < -0.4 is 5.32 Å². The molecule has 1 N–H and O–H groups in total. The summed E-state index contributed by atoms with van der Waals surface area (Å²) in [6, 6.07) is 0.793. The third-order valence-electron chi connectivity index (χ3n) is 5.02. The zero-order valence-electron chi connectivity index (χ0n) is 13.3. The summed E-state index contributed by atoms with van der Waals surface area (Å²) in [4.78, 5) is 0. The monoisotopic (exact) mass is 253 g/mol. The molecule has 2 unspecified atom stereocenters. The Balaban J connectivity index is 2.33. The first-order chi connectivity index (χ1) is 8.54. The van der Waals surface area contributed by atoms with Gasteiger partial charge in [-0.1, -0.05) is 53.9 Å². The van der Waals surface area contributed by atoms with Crippen LogP contribution in [0.4, 0.5) is 0 Å². The molecule has 1 heteroatoms. The summed E-state index contributed by atoms with van der Waals surface area (Å²) in [5.74, 6) is 3.43. The lowest BCUT2D eigenvalue weighted by Crippen LogP contribution is -2.36. The normalized spacial score (nSPS) is 26.0. The number of rotatable bonds is 6. The molecule has 0 aromatic carbocycles. The van der Waals surface area contributed by atoms with E-state index in [1.807, 2.05) is 0 Å². The van der Waals surface area contributed by atoms with Gasteiger partial charge in [-0.2, -0.15) is 0 Å². The van der Waals surface area contributed by atoms with Gasteiger partial charge in [-0.3, -0.25) is 0 Å². The quantitative estimate of drug-likeness (QED) is 0.666. The molecule has 0 amide bonds. The van der Waals surface area contributed by atoms with Crippen molar-refractivity contribution in [2.45, 2.75) is 79.2 Å². The van der Waals surface area contributed by atoms with Gasteiger partial charge in [0.1, 0.15) is 0 Å². The minimum Gasteiger partial charge on any atom is -0.314 e. The van der Waals surface area contributed by atoms with Crippen molar-refractivity contribution in [3.63, 3.8) is 0 Å². The molecule has 1 aliphatic carbocycles. The van der Waals surface area contributed by atoms with Crippen molar-refractivity contribution >= 4 is 0 Å². The number of hydrogen-bond acceptors (Lipinski definition) is 1. The molecular formula is C17H35N. The van der Waals surface area contributed by atoms with E-state index in [1.165, 1.54) is 45.1 Å². The largest absolute Gasteiger partial charge is 0.314 e. The van der Waals surface area contributed by atoms with Crippen molar-refractivity contribution in [1.82, 2.24) is 5.32 Å². The van der Waals surface area contributed by atoms with Crippen molar-refractivity contribution in [1.29, 1.82) is 0 Å². The molecule has 0 heterocycles. The Labute approximate surface area is 115 Å². The topological polar surface area (TPSA) is 12.0 Å². The van der Waals surface area contributed by atoms with Gasteiger partial charge in [-0.25, -0.2) is 0 Å². The van der Waals surface area contributed by atoms with E-state index in [1.54, 1.807) is 0 Å². The Morgan fingerprint density at radius 3 is 2.17 bits per heavy atom. The summed E-state index contributed by atoms with van der Waals surface area (Å²) in [5.41, 5.74) is 0. The highest BCUT2D eigenvalue weighted by molar-refractivity contribution is 4.77. The molecule has 1 aliphatic rings. The first-order valence-corrected chi connectivity index (χ1v) is 8.27. The van der Waals surface area contributed by atoms with Crippen molar-refractivity contribution < 1.29 is 0 Å². The maximum atomic E-state index is 3.87. The standard InChI is InChI=1S/C17H35N/c1-6-15-8-7-9-16(11-10-15)18-12-17(13(2)3)14(4)5/h13-18H,6-12H2,1-5H3. The molecule has 2 atom stereocenters. The highest BCUT2D eigenvalue weighted by Gasteiger charge is 2.21. The smallest absolute Gasteiger partial charge is 0.00672 e. The molecule has 108 valence electrons. The number of nitrogens with one attached hydrogen (secondary N) is 1. The van der Waals surface area contributed by atoms with Crippen molar-refractivity contribution in [3.8, 4) is 0 Å². The van der Waals surface area contributed by atoms with Gasteiger partial charge >= 0.3 is 0 Å². The Kier molecular flexibility index (Phi) is 7.29. The van der Waals surface area contributed by atoms with Crippen LogP contribution in [0.3, 0.4) is 0 Å². The summed E-state index contributed by atoms with van der Waals surface area (Å²) in [7, 11) is 0. The van der Waals surface area contributed by atoms with Gasteiger partial charge in [-0.05, 0) is 49.5 Å². The fourth-order valence-corrected chi connectivity index (χ4v) is 3.53. The van der Waals surface area contributed by atoms with E-state index in [9.17, 15) is 0 Å². The van der Waals surface area contributed by atoms with Crippen LogP contribution in [-0.2, 0) is 0 Å². The molecule has 1 fully saturated rings. The fourth-order valence-electron chi connectivity index (χ4n) is 3.53. The van der Waals surface area contributed by atoms with Gasteiger partial charge in [-0.15, -0.1) is 0 Å². The van der Waals surface area contributed by atoms with Crippen LogP contribution in [0.1, 0.15) is 73.1 Å². The average Bonchev–Trinajstić information content (AvgIpc) is 2.53. The van der Waals surface area contributed by atoms with Crippen LogP contribution in [0.15, 0.2) is 0 Å². The summed E-state index contributed by atoms with van der Waals surface area (Å²) in [5, 5.41) is 3.87. The van der Waals surface area contributed by atoms with Crippen molar-refractivity contribution in [2.24, 2.45) is 23.7 Å². The minimum atomic E-state index is 0.793. The molecule has 1 rings (SSSR count). The first kappa shape index (κ1) is 16.0. The second-order valence-electron chi connectivity index (χ2n) is 7.04. The summed E-state index contributed by atoms with van der Waals surface area (Å²) >= 11 is 0. The SMILES string of the molecule is CCC1CCCC(NCC(C(C)C)C(C)C)CC1. The Morgan fingerprint density at radius 1 is 0.944 bits per heavy atom. The molecule has 1 saturated carbocycles. The molecule has 0 spiro atoms. The molecule has 0 aromatic rings. The van der Waals surface area contributed by atoms with Crippen molar-refractivity contribution in [2.75, 3.05) is 6.54 Å². The van der Waals surface area contributed by atoms with E-state index in [-0.39, 0.29) is 0 Å². The maximum absolute atomic E-state index is 3.87. The molecule has 0 saturated heterocycles. The van der Waals surface area contributed by atoms with E-state index in [0.717, 1.165) is 29.7 Å². The first-order valence-electron chi connectivity index (χ1n) is 8.27. The second kappa shape index (κ2) is 8.19. The summed E-state index contributed by atoms with van der Waals surface area (Å²) in [6.45, 7) is 13.0. The minimum absolute atomic E-state index is 0.793. The molecule has 0 aliphatic heterocycles. The van der Waals surface area contributed by atoms with Gasteiger partial charge in [0, 0.05) is 6.04 Å². The van der Waals surface area contributed by atoms with Crippen LogP contribution in [0, 0.1) is 23.7 Å². The highest BCUT2D eigenvalue weighted by atomic mass is 14.9. The van der Waals surface area contributed by atoms with Crippen LogP contribution in [0.5, 0.6) is 0 Å². The van der Waals surface area contributed by atoms with Gasteiger partial charge < -0.3 is 5.32 Å². The lowest BCUT2D eigenvalue weighted by molar-refractivity contribution is 0.260. The summed E-state index contributed by atoms with van der Waals surface area (Å²) < 4.78 is 0. The van der Waals surface area contributed by atoms with E-state index >= 15 is 0 Å². The van der Waals surface area contributed by atoms with E-state index < -0.39 is 0 Å². The molecule has 0 aromatic heterocycles. The molecule has 0 bridgehead atoms. The molecule has 0 radical (unpaired) electrons. The average molecular weight is 253 g/mol. The Bertz CT molecular complexity index is 202. The van der Waals surface area contributed by atoms with Crippen LogP contribution in [-0.4, -0.2) is 12.6 Å². The molecule has 1 nitrogen and oxygen atoms in total.